The molecule has 0 aromatic rings. The number of hydrogen-bond acceptors (Lipinski definition) is 8. The third-order valence-corrected chi connectivity index (χ3v) is 4.25. The van der Waals surface area contributed by atoms with Gasteiger partial charge in [-0.05, 0) is 12.8 Å². The molecule has 0 radical (unpaired) electrons. The van der Waals surface area contributed by atoms with Crippen LogP contribution in [-0.2, 0) is 14.4 Å². The largest absolute Gasteiger partial charge is 0.481 e. The molecule has 1 unspecified atom stereocenters. The highest BCUT2D eigenvalue weighted by Gasteiger charge is 2.25. The third kappa shape index (κ3) is 9.78. The van der Waals surface area contributed by atoms with Crippen molar-refractivity contribution in [2.24, 2.45) is 23.3 Å². The van der Waals surface area contributed by atoms with E-state index < -0.39 is 42.5 Å². The number of carboxylic acid groups (broad SMARTS) is 1. The minimum atomic E-state index is -1.24. The van der Waals surface area contributed by atoms with Crippen LogP contribution in [0.2, 0.25) is 0 Å². The van der Waals surface area contributed by atoms with Gasteiger partial charge in [0.25, 0.3) is 0 Å². The minimum absolute atomic E-state index is 0.0205. The molecular weight excluding hydrogens is 344 g/mol. The van der Waals surface area contributed by atoms with Gasteiger partial charge in [0.2, 0.25) is 5.91 Å². The first-order valence-electron chi connectivity index (χ1n) is 8.47. The van der Waals surface area contributed by atoms with Gasteiger partial charge in [-0.15, -0.1) is 0 Å². The zero-order chi connectivity index (χ0) is 20.4. The molecule has 0 aromatic heterocycles. The number of carbonyl (C=O) groups is 3. The highest BCUT2D eigenvalue weighted by molar-refractivity contribution is 5.84. The van der Waals surface area contributed by atoms with Crippen molar-refractivity contribution < 1.29 is 29.7 Å². The Morgan fingerprint density at radius 2 is 1.58 bits per heavy atom. The van der Waals surface area contributed by atoms with Crippen molar-refractivity contribution in [2.45, 2.75) is 38.3 Å². The zero-order valence-corrected chi connectivity index (χ0v) is 15.7. The summed E-state index contributed by atoms with van der Waals surface area (Å²) in [5.41, 5.74) is 11.1. The van der Waals surface area contributed by atoms with E-state index in [-0.39, 0.29) is 25.0 Å². The molecule has 0 bridgehead atoms. The lowest BCUT2D eigenvalue weighted by molar-refractivity contribution is -0.145. The van der Waals surface area contributed by atoms with E-state index in [0.29, 0.717) is 13.1 Å². The van der Waals surface area contributed by atoms with Crippen LogP contribution in [-0.4, -0.2) is 88.9 Å². The van der Waals surface area contributed by atoms with Gasteiger partial charge in [-0.3, -0.25) is 14.4 Å². The van der Waals surface area contributed by atoms with Crippen LogP contribution in [0.4, 0.5) is 0 Å². The Hall–Kier alpha value is -1.59. The molecule has 10 heteroatoms. The summed E-state index contributed by atoms with van der Waals surface area (Å²) in [4.78, 5) is 34.3. The van der Waals surface area contributed by atoms with Crippen LogP contribution in [0.5, 0.6) is 0 Å². The molecule has 7 N–H and O–H groups in total. The Bertz CT molecular complexity index is 474. The second-order valence-corrected chi connectivity index (χ2v) is 6.79. The molecule has 0 aromatic carbocycles. The third-order valence-electron chi connectivity index (χ3n) is 4.25. The molecule has 152 valence electrons. The maximum atomic E-state index is 12.1. The first-order valence-corrected chi connectivity index (χ1v) is 8.47. The number of nitrogens with zero attached hydrogens (tertiary/aromatic N) is 2. The second-order valence-electron chi connectivity index (χ2n) is 6.79. The predicted octanol–water partition coefficient (Wildman–Crippen LogP) is -1.99. The standard InChI is InChI=1S/C16H32N4O6/c1-10(22)14(17)8-20(3)19(2)7-11(5-15(18)24)4-13(23)6-12(9-21)16(25)26/h10-12,14,21-22H,4-9,17H2,1-3H3,(H2,18,24)(H,25,26)/t10?,11-,12-,14+/m1/s1. The lowest BCUT2D eigenvalue weighted by Crippen LogP contribution is -2.49. The molecule has 4 atom stereocenters. The molecule has 0 aliphatic rings. The number of ketones is 1. The van der Waals surface area contributed by atoms with E-state index >= 15 is 0 Å². The highest BCUT2D eigenvalue weighted by Crippen LogP contribution is 2.15. The Labute approximate surface area is 153 Å². The molecule has 0 fully saturated rings. The fourth-order valence-corrected chi connectivity index (χ4v) is 2.51. The number of hydrazine groups is 1. The Balaban J connectivity index is 4.80. The monoisotopic (exact) mass is 376 g/mol. The topological polar surface area (TPSA) is 170 Å². The normalized spacial score (nSPS) is 16.3. The van der Waals surface area contributed by atoms with Gasteiger partial charge >= 0.3 is 5.97 Å². The van der Waals surface area contributed by atoms with E-state index in [2.05, 4.69) is 0 Å². The SMILES string of the molecule is CC(O)[C@@H](N)CN(C)N(C)C[C@@H](CC(N)=O)CC(=O)C[C@H](CO)C(=O)O. The summed E-state index contributed by atoms with van der Waals surface area (Å²) in [6.45, 7) is 1.67. The molecule has 26 heavy (non-hydrogen) atoms. The van der Waals surface area contributed by atoms with E-state index in [4.69, 9.17) is 21.7 Å². The van der Waals surface area contributed by atoms with E-state index in [1.807, 2.05) is 0 Å². The summed E-state index contributed by atoms with van der Waals surface area (Å²) in [5.74, 6) is -3.70. The predicted molar refractivity (Wildman–Crippen MR) is 94.7 cm³/mol. The smallest absolute Gasteiger partial charge is 0.309 e. The first kappa shape index (κ1) is 24.4. The summed E-state index contributed by atoms with van der Waals surface area (Å²) >= 11 is 0. The van der Waals surface area contributed by atoms with Crippen LogP contribution in [0.1, 0.15) is 26.2 Å². The van der Waals surface area contributed by atoms with Crippen LogP contribution in [0.15, 0.2) is 0 Å². The molecule has 0 saturated heterocycles. The van der Waals surface area contributed by atoms with Crippen molar-refractivity contribution in [3.63, 3.8) is 0 Å². The quantitative estimate of drug-likeness (QED) is 0.215. The van der Waals surface area contributed by atoms with Crippen LogP contribution >= 0.6 is 0 Å². The van der Waals surface area contributed by atoms with E-state index in [1.165, 1.54) is 0 Å². The number of amides is 1. The summed E-state index contributed by atoms with van der Waals surface area (Å²) in [5, 5.41) is 30.9. The van der Waals surface area contributed by atoms with Gasteiger partial charge in [-0.25, -0.2) is 10.0 Å². The lowest BCUT2D eigenvalue weighted by atomic mass is 9.93. The number of hydrogen-bond donors (Lipinski definition) is 5. The average molecular weight is 376 g/mol. The maximum absolute atomic E-state index is 12.1. The number of carboxylic acids is 1. The van der Waals surface area contributed by atoms with Gasteiger partial charge in [-0.2, -0.15) is 0 Å². The van der Waals surface area contributed by atoms with Gasteiger partial charge in [0.05, 0.1) is 18.6 Å². The second kappa shape index (κ2) is 11.9. The number of primary amides is 1. The molecule has 0 spiro atoms. The lowest BCUT2D eigenvalue weighted by Gasteiger charge is -2.33. The van der Waals surface area contributed by atoms with Gasteiger partial charge in [0.15, 0.2) is 0 Å². The van der Waals surface area contributed by atoms with Crippen molar-refractivity contribution in [1.82, 2.24) is 10.0 Å². The van der Waals surface area contributed by atoms with E-state index in [9.17, 15) is 19.5 Å². The number of aliphatic hydroxyl groups is 2. The summed E-state index contributed by atoms with van der Waals surface area (Å²) in [6, 6.07) is -0.459. The number of rotatable bonds is 14. The van der Waals surface area contributed by atoms with Gasteiger partial charge in [0, 0.05) is 52.5 Å². The molecule has 10 nitrogen and oxygen atoms in total. The maximum Gasteiger partial charge on any atom is 0.309 e. The molecule has 0 saturated carbocycles. The summed E-state index contributed by atoms with van der Waals surface area (Å²) < 4.78 is 0. The highest BCUT2D eigenvalue weighted by atomic mass is 16.4. The van der Waals surface area contributed by atoms with Gasteiger partial charge in [-0.1, -0.05) is 0 Å². The Morgan fingerprint density at radius 3 is 2.00 bits per heavy atom. The Morgan fingerprint density at radius 1 is 1.04 bits per heavy atom. The number of likely N-dealkylation sites (N-methyl/N-ethyl adjacent to an activating group) is 1. The number of aliphatic carboxylic acids is 1. The Kier molecular flexibility index (Phi) is 11.2. The molecule has 1 amide bonds. The van der Waals surface area contributed by atoms with Crippen molar-refractivity contribution in [3.8, 4) is 0 Å². The molecule has 0 aliphatic carbocycles. The van der Waals surface area contributed by atoms with Crippen LogP contribution in [0.25, 0.3) is 0 Å². The van der Waals surface area contributed by atoms with Crippen molar-refractivity contribution >= 4 is 17.7 Å². The van der Waals surface area contributed by atoms with E-state index in [0.717, 1.165) is 0 Å². The fraction of sp³-hybridized carbons (Fsp3) is 0.812. The van der Waals surface area contributed by atoms with Crippen molar-refractivity contribution in [2.75, 3.05) is 33.8 Å². The fourth-order valence-electron chi connectivity index (χ4n) is 2.51. The minimum Gasteiger partial charge on any atom is -0.481 e. The molecule has 0 aliphatic heterocycles. The summed E-state index contributed by atoms with van der Waals surface area (Å²) in [6.07, 6.45) is -1.02. The average Bonchev–Trinajstić information content (AvgIpc) is 2.50. The number of aliphatic hydroxyl groups excluding tert-OH is 2. The molecule has 0 rings (SSSR count). The zero-order valence-electron chi connectivity index (χ0n) is 15.7. The molecule has 0 heterocycles. The van der Waals surface area contributed by atoms with Crippen molar-refractivity contribution in [3.05, 3.63) is 0 Å². The molecular formula is C16H32N4O6. The van der Waals surface area contributed by atoms with Gasteiger partial charge in [0.1, 0.15) is 5.78 Å². The number of Topliss-reactive ketones (excluding diaryl/α,β-unsaturated/α-hetero) is 1. The first-order chi connectivity index (χ1) is 12.0. The van der Waals surface area contributed by atoms with Crippen LogP contribution < -0.4 is 11.5 Å². The number of nitrogens with two attached hydrogens (primary N) is 2. The van der Waals surface area contributed by atoms with Gasteiger partial charge < -0.3 is 26.8 Å². The van der Waals surface area contributed by atoms with E-state index in [1.54, 1.807) is 31.0 Å². The van der Waals surface area contributed by atoms with Crippen molar-refractivity contribution in [1.29, 1.82) is 0 Å². The van der Waals surface area contributed by atoms with Crippen LogP contribution in [0.3, 0.4) is 0 Å². The number of carbonyl (C=O) groups excluding carboxylic acids is 2. The van der Waals surface area contributed by atoms with Crippen LogP contribution in [0, 0.1) is 11.8 Å². The summed E-state index contributed by atoms with van der Waals surface area (Å²) in [7, 11) is 3.51.